The van der Waals surface area contributed by atoms with Gasteiger partial charge >= 0.3 is 96.4 Å². The molecular weight excluding hydrogens is 296 g/mol. The van der Waals surface area contributed by atoms with Crippen molar-refractivity contribution in [2.75, 3.05) is 0 Å². The Hall–Kier alpha value is 3.63. The summed E-state index contributed by atoms with van der Waals surface area (Å²) in [4.78, 5) is 9.95. The van der Waals surface area contributed by atoms with Crippen LogP contribution in [0.15, 0.2) is 0 Å². The average Bonchev–Trinajstić information content (AvgIpc) is 0.918. The van der Waals surface area contributed by atoms with Gasteiger partial charge in [-0.05, 0) is 0 Å². The van der Waals surface area contributed by atoms with Gasteiger partial charge in [0.2, 0.25) is 0 Å². The SMILES string of the molecule is [BaH2].[Cl][Sr][Cl]. The van der Waals surface area contributed by atoms with Crippen molar-refractivity contribution >= 4 is 96.4 Å². The molecule has 0 saturated heterocycles. The number of hydrogen-bond donors (Lipinski definition) is 0. The molecule has 4 heavy (non-hydrogen) atoms. The normalized spacial score (nSPS) is 2.50. The van der Waals surface area contributed by atoms with Gasteiger partial charge < -0.3 is 0 Å². The van der Waals surface area contributed by atoms with Crippen molar-refractivity contribution in [1.82, 2.24) is 0 Å². The zero-order chi connectivity index (χ0) is 2.71. The fourth-order valence-corrected chi connectivity index (χ4v) is 0. The van der Waals surface area contributed by atoms with Gasteiger partial charge in [-0.2, -0.15) is 0 Å². The third-order valence-corrected chi connectivity index (χ3v) is 0. The maximum atomic E-state index is 4.97. The van der Waals surface area contributed by atoms with Gasteiger partial charge in [0.05, 0.1) is 0 Å². The topological polar surface area (TPSA) is 0 Å². The van der Waals surface area contributed by atoms with Crippen LogP contribution in [0.2, 0.25) is 0 Å². The zero-order valence-electron chi connectivity index (χ0n) is 1.46. The standard InChI is InChI=1S/Ba.2ClH.Sr.2H/h;2*1H;;;/q;;;+2;;/p-2. The molecule has 0 unspecified atom stereocenters. The van der Waals surface area contributed by atoms with E-state index in [1.807, 2.05) is 0 Å². The first kappa shape index (κ1) is 10.6. The molecule has 0 fully saturated rings. The fourth-order valence-electron chi connectivity index (χ4n) is 0. The van der Waals surface area contributed by atoms with Crippen molar-refractivity contribution in [2.24, 2.45) is 0 Å². The van der Waals surface area contributed by atoms with Crippen molar-refractivity contribution in [3.05, 3.63) is 0 Å². The molecule has 0 aliphatic heterocycles. The second kappa shape index (κ2) is 9.80. The summed E-state index contributed by atoms with van der Waals surface area (Å²) in [5, 5.41) is 0. The molecule has 0 atom stereocenters. The van der Waals surface area contributed by atoms with Crippen LogP contribution in [0.5, 0.6) is 0 Å². The first-order chi connectivity index (χ1) is 1.41. The monoisotopic (exact) mass is 298 g/mol. The van der Waals surface area contributed by atoms with Gasteiger partial charge in [0.25, 0.3) is 0 Å². The van der Waals surface area contributed by atoms with E-state index in [0.29, 0.717) is 0 Å². The van der Waals surface area contributed by atoms with Crippen molar-refractivity contribution < 1.29 is 0 Å². The van der Waals surface area contributed by atoms with Gasteiger partial charge in [-0.25, -0.2) is 0 Å². The zero-order valence-corrected chi connectivity index (χ0v) is 6.45. The van der Waals surface area contributed by atoms with Crippen LogP contribution in [-0.2, 0) is 0 Å². The van der Waals surface area contributed by atoms with Gasteiger partial charge in [0.1, 0.15) is 0 Å². The van der Waals surface area contributed by atoms with Crippen LogP contribution in [0.1, 0.15) is 0 Å². The molecule has 0 aromatic heterocycles. The van der Waals surface area contributed by atoms with Crippen LogP contribution in [0.25, 0.3) is 0 Å². The molecule has 0 heterocycles. The molecular formula is H2BaCl2Sr. The molecule has 4 heteroatoms. The molecule has 0 bridgehead atoms. The second-order valence-corrected chi connectivity index (χ2v) is 5.38. The van der Waals surface area contributed by atoms with E-state index < -0.39 is 37.7 Å². The molecule has 0 aromatic rings. The average molecular weight is 298 g/mol. The van der Waals surface area contributed by atoms with Gasteiger partial charge in [-0.15, -0.1) is 0 Å². The second-order valence-electron chi connectivity index (χ2n) is 0.101. The predicted octanol–water partition coefficient (Wildman–Crippen LogP) is 0.0820. The van der Waals surface area contributed by atoms with Gasteiger partial charge in [-0.3, -0.25) is 0 Å². The fraction of sp³-hybridized carbons (Fsp3) is 0. The predicted molar refractivity (Wildman–Crippen MR) is 26.0 cm³/mol. The number of halogens is 2. The van der Waals surface area contributed by atoms with Crippen LogP contribution >= 0.6 is 9.82 Å². The van der Waals surface area contributed by atoms with Crippen LogP contribution in [-0.4, -0.2) is 86.5 Å². The molecule has 0 rings (SSSR count). The molecule has 0 aliphatic rings. The van der Waals surface area contributed by atoms with E-state index in [1.54, 1.807) is 0 Å². The minimum atomic E-state index is -1.07. The Labute approximate surface area is 92.8 Å². The van der Waals surface area contributed by atoms with Crippen molar-refractivity contribution in [2.45, 2.75) is 0 Å². The molecule has 0 N–H and O–H groups in total. The maximum absolute atomic E-state index is 4.97. The first-order valence-electron chi connectivity index (χ1n) is 0.535. The van der Waals surface area contributed by atoms with Gasteiger partial charge in [0, 0.05) is 0 Å². The molecule has 0 amide bonds. The third kappa shape index (κ3) is 9.16. The molecule has 0 saturated carbocycles. The van der Waals surface area contributed by atoms with E-state index in [0.717, 1.165) is 0 Å². The van der Waals surface area contributed by atoms with Crippen molar-refractivity contribution in [3.63, 3.8) is 0 Å². The van der Waals surface area contributed by atoms with E-state index in [4.69, 9.17) is 9.82 Å². The van der Waals surface area contributed by atoms with Crippen LogP contribution < -0.4 is 0 Å². The van der Waals surface area contributed by atoms with E-state index in [-0.39, 0.29) is 48.9 Å². The van der Waals surface area contributed by atoms with Gasteiger partial charge in [0.15, 0.2) is 0 Å². The summed E-state index contributed by atoms with van der Waals surface area (Å²) in [7, 11) is 0. The molecule has 0 spiro atoms. The van der Waals surface area contributed by atoms with E-state index in [1.165, 1.54) is 0 Å². The summed E-state index contributed by atoms with van der Waals surface area (Å²) in [5.74, 6) is 0. The molecule has 20 valence electrons. The van der Waals surface area contributed by atoms with E-state index in [9.17, 15) is 0 Å². The van der Waals surface area contributed by atoms with Crippen LogP contribution in [0.4, 0.5) is 0 Å². The summed E-state index contributed by atoms with van der Waals surface area (Å²) < 4.78 is 0. The molecule has 0 aromatic carbocycles. The summed E-state index contributed by atoms with van der Waals surface area (Å²) in [6, 6.07) is 0. The van der Waals surface area contributed by atoms with E-state index in [2.05, 4.69) is 0 Å². The molecule has 0 aliphatic carbocycles. The van der Waals surface area contributed by atoms with Crippen LogP contribution in [0, 0.1) is 0 Å². The Balaban J connectivity index is 0. The first-order valence-corrected chi connectivity index (χ1v) is 9.49. The molecule has 0 nitrogen and oxygen atoms in total. The number of hydrogen-bond acceptors (Lipinski definition) is 0. The summed E-state index contributed by atoms with van der Waals surface area (Å²) in [6.07, 6.45) is 0. The Bertz CT molecular complexity index is 6.00. The summed E-state index contributed by atoms with van der Waals surface area (Å²) in [6.45, 7) is 0. The van der Waals surface area contributed by atoms with E-state index >= 15 is 0 Å². The summed E-state index contributed by atoms with van der Waals surface area (Å²) in [5.41, 5.74) is 0. The minimum absolute atomic E-state index is 0. The van der Waals surface area contributed by atoms with Crippen molar-refractivity contribution in [1.29, 1.82) is 0 Å². The van der Waals surface area contributed by atoms with Crippen molar-refractivity contribution in [3.8, 4) is 0 Å². The number of rotatable bonds is 0. The van der Waals surface area contributed by atoms with Crippen LogP contribution in [0.3, 0.4) is 0 Å². The Morgan fingerprint density at radius 1 is 1.25 bits per heavy atom. The Kier molecular flexibility index (Phi) is 25.9. The van der Waals surface area contributed by atoms with Gasteiger partial charge in [-0.1, -0.05) is 0 Å². The Morgan fingerprint density at radius 3 is 1.25 bits per heavy atom. The Morgan fingerprint density at radius 2 is 1.25 bits per heavy atom. The third-order valence-electron chi connectivity index (χ3n) is 0. The quantitative estimate of drug-likeness (QED) is 0.556. The summed E-state index contributed by atoms with van der Waals surface area (Å²) >= 11 is -1.07. The molecule has 0 radical (unpaired) electrons.